The van der Waals surface area contributed by atoms with Crippen LogP contribution >= 0.6 is 11.3 Å². The number of nitrogens with one attached hydrogen (secondary N) is 1. The van der Waals surface area contributed by atoms with Gasteiger partial charge in [-0.05, 0) is 12.1 Å². The molecule has 27 heavy (non-hydrogen) atoms. The molecule has 8 heteroatoms. The molecule has 0 saturated heterocycles. The zero-order chi connectivity index (χ0) is 18.5. The maximum atomic E-state index is 12.1. The molecule has 0 fully saturated rings. The lowest BCUT2D eigenvalue weighted by atomic mass is 10.2. The summed E-state index contributed by atoms with van der Waals surface area (Å²) in [6.45, 7) is 0.602. The number of amides is 1. The van der Waals surface area contributed by atoms with Crippen molar-refractivity contribution in [3.63, 3.8) is 0 Å². The largest absolute Gasteiger partial charge is 0.482 e. The third-order valence-electron chi connectivity index (χ3n) is 3.88. The Labute approximate surface area is 159 Å². The van der Waals surface area contributed by atoms with E-state index in [0.717, 1.165) is 16.6 Å². The fraction of sp³-hybridized carbons (Fsp3) is 0.158. The van der Waals surface area contributed by atoms with Gasteiger partial charge in [-0.15, -0.1) is 11.3 Å². The van der Waals surface area contributed by atoms with E-state index in [2.05, 4.69) is 20.3 Å². The predicted molar refractivity (Wildman–Crippen MR) is 101 cm³/mol. The summed E-state index contributed by atoms with van der Waals surface area (Å²) in [6, 6.07) is 9.54. The molecule has 3 heterocycles. The summed E-state index contributed by atoms with van der Waals surface area (Å²) < 4.78 is 11.1. The summed E-state index contributed by atoms with van der Waals surface area (Å²) in [5, 5.41) is 5.75. The van der Waals surface area contributed by atoms with Gasteiger partial charge in [0.25, 0.3) is 5.91 Å². The van der Waals surface area contributed by atoms with E-state index in [1.54, 1.807) is 11.7 Å². The van der Waals surface area contributed by atoms with Crippen molar-refractivity contribution in [2.75, 3.05) is 6.54 Å². The first-order valence-corrected chi connectivity index (χ1v) is 9.30. The Kier molecular flexibility index (Phi) is 5.06. The van der Waals surface area contributed by atoms with Crippen molar-refractivity contribution in [1.82, 2.24) is 20.3 Å². The van der Waals surface area contributed by atoms with Gasteiger partial charge in [-0.2, -0.15) is 0 Å². The molecule has 1 N–H and O–H groups in total. The average molecular weight is 380 g/mol. The summed E-state index contributed by atoms with van der Waals surface area (Å²) in [6.07, 6.45) is 3.73. The van der Waals surface area contributed by atoms with Gasteiger partial charge in [-0.25, -0.2) is 9.97 Å². The lowest BCUT2D eigenvalue weighted by Gasteiger charge is -2.06. The minimum absolute atomic E-state index is 0.113. The molecule has 0 unspecified atom stereocenters. The number of thiazole rings is 1. The first-order chi connectivity index (χ1) is 13.3. The maximum absolute atomic E-state index is 12.1. The summed E-state index contributed by atoms with van der Waals surface area (Å²) in [5.74, 6) is 0.681. The molecule has 0 aliphatic rings. The zero-order valence-corrected chi connectivity index (χ0v) is 15.1. The Bertz CT molecular complexity index is 1040. The van der Waals surface area contributed by atoms with Crippen LogP contribution in [0.4, 0.5) is 0 Å². The maximum Gasteiger partial charge on any atom is 0.273 e. The molecular formula is C19H16N4O3S. The van der Waals surface area contributed by atoms with Crippen molar-refractivity contribution in [2.45, 2.75) is 13.0 Å². The molecule has 1 amide bonds. The van der Waals surface area contributed by atoms with Crippen LogP contribution in [-0.2, 0) is 13.0 Å². The van der Waals surface area contributed by atoms with Crippen molar-refractivity contribution >= 4 is 28.1 Å². The summed E-state index contributed by atoms with van der Waals surface area (Å²) >= 11 is 1.53. The highest BCUT2D eigenvalue weighted by molar-refractivity contribution is 7.07. The monoisotopic (exact) mass is 380 g/mol. The van der Waals surface area contributed by atoms with Crippen LogP contribution in [0.5, 0.6) is 5.75 Å². The molecule has 0 spiro atoms. The first kappa shape index (κ1) is 17.2. The van der Waals surface area contributed by atoms with Crippen LogP contribution in [0.3, 0.4) is 0 Å². The number of rotatable bonds is 7. The third-order valence-corrected chi connectivity index (χ3v) is 4.52. The standard InChI is InChI=1S/C19H16N4O3S/c24-19(21-8-6-14-11-27-12-22-14)15-9-26-17(23-15)10-25-16-5-1-3-13-4-2-7-20-18(13)16/h1-5,7,9,11-12H,6,8,10H2,(H,21,24). The van der Waals surface area contributed by atoms with Crippen LogP contribution in [0.25, 0.3) is 10.9 Å². The number of hydrogen-bond donors (Lipinski definition) is 1. The highest BCUT2D eigenvalue weighted by Crippen LogP contribution is 2.23. The van der Waals surface area contributed by atoms with Gasteiger partial charge >= 0.3 is 0 Å². The number of aromatic nitrogens is 3. The van der Waals surface area contributed by atoms with Gasteiger partial charge in [0.1, 0.15) is 17.5 Å². The summed E-state index contributed by atoms with van der Waals surface area (Å²) in [7, 11) is 0. The highest BCUT2D eigenvalue weighted by Gasteiger charge is 2.13. The van der Waals surface area contributed by atoms with Crippen molar-refractivity contribution in [3.8, 4) is 5.75 Å². The van der Waals surface area contributed by atoms with Crippen molar-refractivity contribution in [3.05, 3.63) is 71.0 Å². The number of oxazole rings is 1. The van der Waals surface area contributed by atoms with E-state index in [1.165, 1.54) is 17.6 Å². The Morgan fingerprint density at radius 1 is 1.22 bits per heavy atom. The second-order valence-corrected chi connectivity index (χ2v) is 6.45. The molecule has 0 atom stereocenters. The van der Waals surface area contributed by atoms with Crippen LogP contribution < -0.4 is 10.1 Å². The van der Waals surface area contributed by atoms with E-state index < -0.39 is 0 Å². The third kappa shape index (κ3) is 4.12. The molecule has 0 bridgehead atoms. The van der Waals surface area contributed by atoms with Crippen molar-refractivity contribution in [2.24, 2.45) is 0 Å². The fourth-order valence-electron chi connectivity index (χ4n) is 2.57. The molecule has 0 aliphatic heterocycles. The molecule has 0 radical (unpaired) electrons. The first-order valence-electron chi connectivity index (χ1n) is 8.36. The molecular weight excluding hydrogens is 364 g/mol. The van der Waals surface area contributed by atoms with Gasteiger partial charge in [0, 0.05) is 29.9 Å². The van der Waals surface area contributed by atoms with Gasteiger partial charge in [-0.3, -0.25) is 9.78 Å². The minimum atomic E-state index is -0.285. The van der Waals surface area contributed by atoms with Crippen LogP contribution in [-0.4, -0.2) is 27.4 Å². The lowest BCUT2D eigenvalue weighted by Crippen LogP contribution is -2.26. The molecule has 0 aliphatic carbocycles. The van der Waals surface area contributed by atoms with Crippen LogP contribution in [0.15, 0.2) is 58.1 Å². The van der Waals surface area contributed by atoms with E-state index in [1.807, 2.05) is 35.7 Å². The van der Waals surface area contributed by atoms with Gasteiger partial charge < -0.3 is 14.5 Å². The number of ether oxygens (including phenoxy) is 1. The Morgan fingerprint density at radius 2 is 2.15 bits per heavy atom. The van der Waals surface area contributed by atoms with Crippen LogP contribution in [0.1, 0.15) is 22.1 Å². The van der Waals surface area contributed by atoms with Gasteiger partial charge in [-0.1, -0.05) is 18.2 Å². The zero-order valence-electron chi connectivity index (χ0n) is 14.3. The number of pyridine rings is 1. The van der Waals surface area contributed by atoms with Crippen LogP contribution in [0, 0.1) is 0 Å². The van der Waals surface area contributed by atoms with Gasteiger partial charge in [0.2, 0.25) is 5.89 Å². The van der Waals surface area contributed by atoms with Crippen molar-refractivity contribution in [1.29, 1.82) is 0 Å². The predicted octanol–water partition coefficient (Wildman–Crippen LogP) is 3.23. The van der Waals surface area contributed by atoms with E-state index in [4.69, 9.17) is 9.15 Å². The number of benzene rings is 1. The second-order valence-electron chi connectivity index (χ2n) is 5.73. The van der Waals surface area contributed by atoms with Gasteiger partial charge in [0.05, 0.1) is 11.2 Å². The number of carbonyl (C=O) groups excluding carboxylic acids is 1. The lowest BCUT2D eigenvalue weighted by molar-refractivity contribution is 0.0949. The van der Waals surface area contributed by atoms with Crippen LogP contribution in [0.2, 0.25) is 0 Å². The number of carbonyl (C=O) groups is 1. The smallest absolute Gasteiger partial charge is 0.273 e. The quantitative estimate of drug-likeness (QED) is 0.529. The average Bonchev–Trinajstić information content (AvgIpc) is 3.38. The molecule has 1 aromatic carbocycles. The summed E-state index contributed by atoms with van der Waals surface area (Å²) in [4.78, 5) is 24.8. The molecule has 4 rings (SSSR count). The Hall–Kier alpha value is -3.26. The molecule has 0 saturated carbocycles. The second kappa shape index (κ2) is 7.96. The molecule has 136 valence electrons. The SMILES string of the molecule is O=C(NCCc1cscn1)c1coc(COc2cccc3cccnc23)n1. The minimum Gasteiger partial charge on any atom is -0.482 e. The van der Waals surface area contributed by atoms with E-state index in [9.17, 15) is 4.79 Å². The molecule has 3 aromatic heterocycles. The Balaban J connectivity index is 1.34. The number of fused-ring (bicyclic) bond motifs is 1. The Morgan fingerprint density at radius 3 is 3.04 bits per heavy atom. The van der Waals surface area contributed by atoms with Crippen molar-refractivity contribution < 1.29 is 13.9 Å². The van der Waals surface area contributed by atoms with E-state index >= 15 is 0 Å². The topological polar surface area (TPSA) is 90.1 Å². The fourth-order valence-corrected chi connectivity index (χ4v) is 3.16. The molecule has 4 aromatic rings. The normalized spacial score (nSPS) is 10.8. The van der Waals surface area contributed by atoms with E-state index in [-0.39, 0.29) is 18.2 Å². The highest BCUT2D eigenvalue weighted by atomic mass is 32.1. The number of nitrogens with zero attached hydrogens (tertiary/aromatic N) is 3. The molecule has 7 nitrogen and oxygen atoms in total. The number of para-hydroxylation sites is 1. The van der Waals surface area contributed by atoms with Gasteiger partial charge in [0.15, 0.2) is 12.3 Å². The van der Waals surface area contributed by atoms with E-state index in [0.29, 0.717) is 24.6 Å². The summed E-state index contributed by atoms with van der Waals surface area (Å²) in [5.41, 5.74) is 3.72. The number of hydrogen-bond acceptors (Lipinski definition) is 7.